The first-order valence-corrected chi connectivity index (χ1v) is 15.0. The van der Waals surface area contributed by atoms with Crippen molar-refractivity contribution in [2.75, 3.05) is 0 Å². The molecule has 6 aromatic rings. The molecule has 0 aliphatic heterocycles. The second-order valence-corrected chi connectivity index (χ2v) is 13.3. The zero-order valence-electron chi connectivity index (χ0n) is 28.1. The third-order valence-electron chi connectivity index (χ3n) is 7.33. The fourth-order valence-electron chi connectivity index (χ4n) is 4.70. The van der Waals surface area contributed by atoms with E-state index >= 15 is 0 Å². The molecule has 0 spiro atoms. The van der Waals surface area contributed by atoms with Crippen molar-refractivity contribution in [1.82, 2.24) is 19.1 Å². The second kappa shape index (κ2) is 14.7. The van der Waals surface area contributed by atoms with Crippen molar-refractivity contribution in [3.05, 3.63) is 122 Å². The molecule has 4 heterocycles. The number of hydrogen-bond acceptors (Lipinski definition) is 4. The first-order valence-electron chi connectivity index (χ1n) is 15.0. The van der Waals surface area contributed by atoms with Crippen LogP contribution in [0.3, 0.4) is 0 Å². The van der Waals surface area contributed by atoms with Gasteiger partial charge in [-0.05, 0) is 23.2 Å². The van der Waals surface area contributed by atoms with Gasteiger partial charge in [0.15, 0.2) is 0 Å². The molecule has 2 aromatic carbocycles. The van der Waals surface area contributed by atoms with E-state index in [0.717, 1.165) is 22.5 Å². The molecule has 0 radical (unpaired) electrons. The van der Waals surface area contributed by atoms with Crippen molar-refractivity contribution >= 4 is 0 Å². The number of pyridine rings is 2. The minimum absolute atomic E-state index is 0. The maximum atomic E-state index is 6.30. The molecule has 48 heavy (non-hydrogen) atoms. The maximum absolute atomic E-state index is 6.30. The van der Waals surface area contributed by atoms with Crippen LogP contribution in [-0.4, -0.2) is 19.1 Å². The summed E-state index contributed by atoms with van der Waals surface area (Å²) in [6.07, 6.45) is 17.5. The molecule has 0 atom stereocenters. The summed E-state index contributed by atoms with van der Waals surface area (Å²) < 4.78 is 20.1. The van der Waals surface area contributed by atoms with E-state index in [1.807, 2.05) is 69.3 Å². The Morgan fingerprint density at radius 1 is 0.583 bits per heavy atom. The van der Waals surface area contributed by atoms with E-state index in [-0.39, 0.29) is 53.0 Å². The van der Waals surface area contributed by atoms with E-state index in [2.05, 4.69) is 101 Å². The Balaban J connectivity index is 0.00000260. The number of benzene rings is 2. The first kappa shape index (κ1) is 37.0. The number of rotatable bonds is 7. The van der Waals surface area contributed by atoms with Gasteiger partial charge in [-0.25, -0.2) is 0 Å². The van der Waals surface area contributed by atoms with E-state index in [1.54, 1.807) is 24.5 Å². The summed E-state index contributed by atoms with van der Waals surface area (Å²) in [5, 5.41) is 0. The number of ether oxygens (including phenoxy) is 2. The van der Waals surface area contributed by atoms with Crippen molar-refractivity contribution in [3.63, 3.8) is 0 Å². The van der Waals surface area contributed by atoms with Crippen molar-refractivity contribution in [2.24, 2.45) is 14.1 Å². The van der Waals surface area contributed by atoms with Crippen LogP contribution in [0, 0.1) is 36.9 Å². The summed E-state index contributed by atoms with van der Waals surface area (Å²) >= 11 is 0. The van der Waals surface area contributed by atoms with E-state index in [4.69, 9.17) is 9.47 Å². The maximum Gasteiger partial charge on any atom is 0.241 e. The fourth-order valence-corrected chi connectivity index (χ4v) is 4.70. The van der Waals surface area contributed by atoms with Gasteiger partial charge in [-0.1, -0.05) is 52.9 Å². The van der Waals surface area contributed by atoms with Crippen molar-refractivity contribution in [2.45, 2.75) is 52.4 Å². The molecule has 0 unspecified atom stereocenters. The molecule has 0 amide bonds. The molecule has 254 valence electrons. The minimum atomic E-state index is -0.105. The molecule has 0 aliphatic rings. The SMILES string of the molecule is Cn1[c-][n+](-c2[c-]c(Oc3[c-]c(-c4[c-]c(Oc5[c-]c(-[n+]6[c-]n(C)cc6)cc(C(C)(C)C)c5)ccn4)ncc3)cc(C(C)(C)C)c2)cc1.[Pt].[Pt]. The molecule has 0 aliphatic carbocycles. The van der Waals surface area contributed by atoms with Gasteiger partial charge in [0.1, 0.15) is 0 Å². The number of imidazole rings is 2. The van der Waals surface area contributed by atoms with Crippen LogP contribution < -0.4 is 18.6 Å². The summed E-state index contributed by atoms with van der Waals surface area (Å²) in [6, 6.07) is 24.9. The Morgan fingerprint density at radius 2 is 0.979 bits per heavy atom. The van der Waals surface area contributed by atoms with Gasteiger partial charge in [0, 0.05) is 89.9 Å². The van der Waals surface area contributed by atoms with Crippen molar-refractivity contribution in [1.29, 1.82) is 0 Å². The number of nitrogens with zero attached hydrogens (tertiary/aromatic N) is 6. The standard InChI is InChI=1S/C38H36N6O2.2Pt/c1-37(2,3)27-17-29(43-15-13-41(7)25-43)21-33(19-27)45-31-9-11-39-35(23-31)36-24-32(10-12-40-36)46-34-20-28(38(4,5)6)18-30(22-34)44-16-14-42(8)26-44;;/h9-20H,1-8H3;;/q-4;;. The molecule has 0 bridgehead atoms. The van der Waals surface area contributed by atoms with Gasteiger partial charge >= 0.3 is 0 Å². The summed E-state index contributed by atoms with van der Waals surface area (Å²) in [6.45, 7) is 13.0. The van der Waals surface area contributed by atoms with Crippen molar-refractivity contribution in [3.8, 4) is 45.8 Å². The van der Waals surface area contributed by atoms with Crippen LogP contribution in [0.25, 0.3) is 22.8 Å². The molecule has 0 saturated heterocycles. The van der Waals surface area contributed by atoms with Gasteiger partial charge in [0.25, 0.3) is 0 Å². The monoisotopic (exact) mass is 998 g/mol. The van der Waals surface area contributed by atoms with Crippen LogP contribution in [0.15, 0.2) is 73.6 Å². The molecule has 4 aromatic heterocycles. The topological polar surface area (TPSA) is 61.9 Å². The average Bonchev–Trinajstić information content (AvgIpc) is 3.64. The van der Waals surface area contributed by atoms with E-state index in [0.29, 0.717) is 34.4 Å². The molecule has 6 rings (SSSR count). The van der Waals surface area contributed by atoms with Gasteiger partial charge in [-0.2, -0.15) is 35.4 Å². The first-order chi connectivity index (χ1) is 21.8. The van der Waals surface area contributed by atoms with E-state index in [1.165, 1.54) is 0 Å². The quantitative estimate of drug-likeness (QED) is 0.138. The number of aromatic nitrogens is 6. The third kappa shape index (κ3) is 8.78. The average molecular weight is 999 g/mol. The van der Waals surface area contributed by atoms with Gasteiger partial charge in [-0.15, -0.1) is 47.8 Å². The zero-order valence-corrected chi connectivity index (χ0v) is 32.6. The van der Waals surface area contributed by atoms with Gasteiger partial charge in [-0.3, -0.25) is 0 Å². The van der Waals surface area contributed by atoms with Gasteiger partial charge in [0.2, 0.25) is 12.7 Å². The summed E-state index contributed by atoms with van der Waals surface area (Å²) in [5.74, 6) is 2.09. The molecule has 0 N–H and O–H groups in total. The van der Waals surface area contributed by atoms with E-state index < -0.39 is 0 Å². The largest absolute Gasteiger partial charge is 0.511 e. The number of hydrogen-bond donors (Lipinski definition) is 0. The normalized spacial score (nSPS) is 11.4. The summed E-state index contributed by atoms with van der Waals surface area (Å²) in [5.41, 5.74) is 4.61. The number of aryl methyl sites for hydroxylation is 2. The Hall–Kier alpha value is -3.86. The summed E-state index contributed by atoms with van der Waals surface area (Å²) in [7, 11) is 3.86. The Bertz CT molecular complexity index is 1880. The summed E-state index contributed by atoms with van der Waals surface area (Å²) in [4.78, 5) is 9.00. The van der Waals surface area contributed by atoms with Crippen LogP contribution in [0.1, 0.15) is 52.7 Å². The molecule has 8 nitrogen and oxygen atoms in total. The Kier molecular flexibility index (Phi) is 11.3. The smallest absolute Gasteiger partial charge is 0.241 e. The van der Waals surface area contributed by atoms with Crippen LogP contribution in [0.4, 0.5) is 0 Å². The van der Waals surface area contributed by atoms with Crippen LogP contribution >= 0.6 is 0 Å². The van der Waals surface area contributed by atoms with Crippen LogP contribution in [0.2, 0.25) is 0 Å². The fraction of sp³-hybridized carbons (Fsp3) is 0.263. The predicted molar refractivity (Wildman–Crippen MR) is 172 cm³/mol. The predicted octanol–water partition coefficient (Wildman–Crippen LogP) is 6.35. The van der Waals surface area contributed by atoms with Gasteiger partial charge in [0.05, 0.1) is 14.1 Å². The minimum Gasteiger partial charge on any atom is -0.511 e. The van der Waals surface area contributed by atoms with Crippen LogP contribution in [-0.2, 0) is 67.1 Å². The molecule has 10 heteroatoms. The molecule has 0 fully saturated rings. The third-order valence-corrected chi connectivity index (χ3v) is 7.33. The molecular formula is C38H36N6O2Pt2-4. The molecular weight excluding hydrogens is 963 g/mol. The molecule has 0 saturated carbocycles. The van der Waals surface area contributed by atoms with Gasteiger partial charge < -0.3 is 37.7 Å². The Labute approximate surface area is 312 Å². The van der Waals surface area contributed by atoms with Crippen molar-refractivity contribution < 1.29 is 60.7 Å². The van der Waals surface area contributed by atoms with Crippen LogP contribution in [0.5, 0.6) is 23.0 Å². The van der Waals surface area contributed by atoms with E-state index in [9.17, 15) is 0 Å². The second-order valence-electron chi connectivity index (χ2n) is 13.3. The Morgan fingerprint density at radius 3 is 1.31 bits per heavy atom. The zero-order chi connectivity index (χ0) is 32.6.